The Morgan fingerprint density at radius 1 is 0.966 bits per heavy atom. The van der Waals surface area contributed by atoms with E-state index in [1.54, 1.807) is 47.1 Å². The monoisotopic (exact) mass is 389 g/mol. The second kappa shape index (κ2) is 7.89. The number of nitrogens with zero attached hydrogens (tertiary/aromatic N) is 3. The number of halogens is 1. The van der Waals surface area contributed by atoms with E-state index in [-0.39, 0.29) is 18.1 Å². The van der Waals surface area contributed by atoms with E-state index in [2.05, 4.69) is 20.6 Å². The van der Waals surface area contributed by atoms with E-state index in [0.29, 0.717) is 16.9 Å². The Morgan fingerprint density at radius 3 is 2.52 bits per heavy atom. The first-order valence-corrected chi connectivity index (χ1v) is 8.84. The number of amides is 2. The van der Waals surface area contributed by atoms with Gasteiger partial charge in [0.25, 0.3) is 11.8 Å². The zero-order chi connectivity index (χ0) is 20.2. The molecule has 2 N–H and O–H groups in total. The molecule has 8 heteroatoms. The molecule has 2 amide bonds. The fourth-order valence-corrected chi connectivity index (χ4v) is 2.84. The summed E-state index contributed by atoms with van der Waals surface area (Å²) in [5.74, 6) is -1.25. The molecular weight excluding hydrogens is 373 g/mol. The number of carbonyl (C=O) groups excluding carboxylic acids is 2. The number of fused-ring (bicyclic) bond motifs is 1. The Morgan fingerprint density at radius 2 is 1.76 bits per heavy atom. The smallest absolute Gasteiger partial charge is 0.288 e. The standard InChI is InChI=1S/C21H16FN5O2/c22-14-7-9-15(10-8-14)25-20(28)18-17-6-2-4-12-27(17)19(26-18)21(29)24-13-16-5-1-3-11-23-16/h1-12H,13H2,(H,24,29)(H,25,28). The lowest BCUT2D eigenvalue weighted by Gasteiger charge is -2.03. The molecule has 0 radical (unpaired) electrons. The minimum atomic E-state index is -0.496. The number of anilines is 1. The van der Waals surface area contributed by atoms with E-state index >= 15 is 0 Å². The molecule has 1 aromatic carbocycles. The van der Waals surface area contributed by atoms with Crippen LogP contribution < -0.4 is 10.6 Å². The highest BCUT2D eigenvalue weighted by Crippen LogP contribution is 2.16. The largest absolute Gasteiger partial charge is 0.344 e. The van der Waals surface area contributed by atoms with Crippen molar-refractivity contribution in [3.05, 3.63) is 96.1 Å². The van der Waals surface area contributed by atoms with Gasteiger partial charge in [-0.15, -0.1) is 0 Å². The van der Waals surface area contributed by atoms with Gasteiger partial charge in [0.15, 0.2) is 5.69 Å². The van der Waals surface area contributed by atoms with E-state index < -0.39 is 17.6 Å². The SMILES string of the molecule is O=C(Nc1ccc(F)cc1)c1nc(C(=O)NCc2ccccn2)n2ccccc12. The van der Waals surface area contributed by atoms with Gasteiger partial charge in [-0.05, 0) is 48.5 Å². The van der Waals surface area contributed by atoms with Crippen molar-refractivity contribution >= 4 is 23.0 Å². The van der Waals surface area contributed by atoms with Crippen molar-refractivity contribution in [3.63, 3.8) is 0 Å². The zero-order valence-electron chi connectivity index (χ0n) is 15.2. The van der Waals surface area contributed by atoms with Crippen LogP contribution >= 0.6 is 0 Å². The van der Waals surface area contributed by atoms with Crippen molar-refractivity contribution in [2.24, 2.45) is 0 Å². The summed E-state index contributed by atoms with van der Waals surface area (Å²) in [6, 6.07) is 16.0. The third-order valence-electron chi connectivity index (χ3n) is 4.22. The molecule has 4 rings (SSSR count). The van der Waals surface area contributed by atoms with Crippen molar-refractivity contribution in [1.82, 2.24) is 19.7 Å². The molecule has 0 aliphatic heterocycles. The van der Waals surface area contributed by atoms with E-state index in [9.17, 15) is 14.0 Å². The molecule has 144 valence electrons. The van der Waals surface area contributed by atoms with Crippen LogP contribution in [-0.2, 0) is 6.54 Å². The predicted molar refractivity (Wildman–Crippen MR) is 105 cm³/mol. The maximum Gasteiger partial charge on any atom is 0.288 e. The molecule has 3 heterocycles. The van der Waals surface area contributed by atoms with Crippen LogP contribution in [0.2, 0.25) is 0 Å². The normalized spacial score (nSPS) is 10.7. The summed E-state index contributed by atoms with van der Waals surface area (Å²) in [6.45, 7) is 0.235. The Balaban J connectivity index is 1.60. The van der Waals surface area contributed by atoms with Crippen LogP contribution in [0, 0.1) is 5.82 Å². The van der Waals surface area contributed by atoms with Crippen molar-refractivity contribution in [2.75, 3.05) is 5.32 Å². The number of carbonyl (C=O) groups is 2. The molecule has 4 aromatic rings. The number of pyridine rings is 2. The van der Waals surface area contributed by atoms with E-state index in [1.807, 2.05) is 6.07 Å². The predicted octanol–water partition coefficient (Wildman–Crippen LogP) is 3.05. The third-order valence-corrected chi connectivity index (χ3v) is 4.22. The average molecular weight is 389 g/mol. The lowest BCUT2D eigenvalue weighted by Crippen LogP contribution is -2.25. The number of rotatable bonds is 5. The molecular formula is C21H16FN5O2. The summed E-state index contributed by atoms with van der Waals surface area (Å²) in [6.07, 6.45) is 3.30. The van der Waals surface area contributed by atoms with Crippen LogP contribution in [0.1, 0.15) is 26.8 Å². The first-order chi connectivity index (χ1) is 14.1. The fourth-order valence-electron chi connectivity index (χ4n) is 2.84. The van der Waals surface area contributed by atoms with Gasteiger partial charge in [-0.2, -0.15) is 0 Å². The molecule has 0 saturated carbocycles. The number of hydrogen-bond acceptors (Lipinski definition) is 4. The molecule has 0 atom stereocenters. The minimum absolute atomic E-state index is 0.0841. The van der Waals surface area contributed by atoms with Crippen molar-refractivity contribution in [2.45, 2.75) is 6.54 Å². The number of benzene rings is 1. The van der Waals surface area contributed by atoms with Gasteiger partial charge in [-0.25, -0.2) is 9.37 Å². The van der Waals surface area contributed by atoms with Gasteiger partial charge in [-0.1, -0.05) is 12.1 Å². The van der Waals surface area contributed by atoms with Crippen LogP contribution in [0.4, 0.5) is 10.1 Å². The summed E-state index contributed by atoms with van der Waals surface area (Å²) in [5, 5.41) is 5.42. The van der Waals surface area contributed by atoms with E-state index in [4.69, 9.17) is 0 Å². The maximum atomic E-state index is 13.1. The molecule has 0 fully saturated rings. The van der Waals surface area contributed by atoms with Gasteiger partial charge in [0.2, 0.25) is 5.82 Å². The van der Waals surface area contributed by atoms with Crippen molar-refractivity contribution in [3.8, 4) is 0 Å². The Labute approximate surface area is 165 Å². The molecule has 0 saturated heterocycles. The highest BCUT2D eigenvalue weighted by molar-refractivity contribution is 6.08. The van der Waals surface area contributed by atoms with E-state index in [0.717, 1.165) is 0 Å². The number of imidazole rings is 1. The third kappa shape index (κ3) is 3.96. The molecule has 0 unspecified atom stereocenters. The maximum absolute atomic E-state index is 13.1. The summed E-state index contributed by atoms with van der Waals surface area (Å²) in [7, 11) is 0. The van der Waals surface area contributed by atoms with Gasteiger partial charge in [-0.3, -0.25) is 19.0 Å². The molecule has 29 heavy (non-hydrogen) atoms. The Kier molecular flexibility index (Phi) is 4.98. The minimum Gasteiger partial charge on any atom is -0.344 e. The molecule has 0 spiro atoms. The van der Waals surface area contributed by atoms with Crippen molar-refractivity contribution < 1.29 is 14.0 Å². The first-order valence-electron chi connectivity index (χ1n) is 8.84. The molecule has 3 aromatic heterocycles. The van der Waals surface area contributed by atoms with Crippen molar-refractivity contribution in [1.29, 1.82) is 0 Å². The van der Waals surface area contributed by atoms with Crippen LogP contribution in [0.15, 0.2) is 73.1 Å². The van der Waals surface area contributed by atoms with Gasteiger partial charge < -0.3 is 10.6 Å². The second-order valence-corrected chi connectivity index (χ2v) is 6.20. The van der Waals surface area contributed by atoms with Gasteiger partial charge in [0.1, 0.15) is 5.82 Å². The number of nitrogens with one attached hydrogen (secondary N) is 2. The highest BCUT2D eigenvalue weighted by Gasteiger charge is 2.21. The highest BCUT2D eigenvalue weighted by atomic mass is 19.1. The molecule has 7 nitrogen and oxygen atoms in total. The molecule has 0 aliphatic rings. The van der Waals surface area contributed by atoms with Gasteiger partial charge in [0.05, 0.1) is 17.8 Å². The van der Waals surface area contributed by atoms with Crippen LogP contribution in [0.3, 0.4) is 0 Å². The first kappa shape index (κ1) is 18.3. The molecule has 0 aliphatic carbocycles. The van der Waals surface area contributed by atoms with Crippen LogP contribution in [0.25, 0.3) is 5.52 Å². The molecule has 0 bridgehead atoms. The summed E-state index contributed by atoms with van der Waals surface area (Å²) >= 11 is 0. The Bertz CT molecular complexity index is 1170. The summed E-state index contributed by atoms with van der Waals surface area (Å²) in [5.41, 5.74) is 1.71. The second-order valence-electron chi connectivity index (χ2n) is 6.20. The average Bonchev–Trinajstić information content (AvgIpc) is 3.14. The zero-order valence-corrected chi connectivity index (χ0v) is 15.2. The topological polar surface area (TPSA) is 88.4 Å². The van der Waals surface area contributed by atoms with E-state index in [1.165, 1.54) is 24.3 Å². The summed E-state index contributed by atoms with van der Waals surface area (Å²) < 4.78 is 14.6. The fraction of sp³-hybridized carbons (Fsp3) is 0.0476. The van der Waals surface area contributed by atoms with Crippen LogP contribution in [-0.4, -0.2) is 26.2 Å². The lowest BCUT2D eigenvalue weighted by molar-refractivity contribution is 0.0939. The summed E-state index contributed by atoms with van der Waals surface area (Å²) in [4.78, 5) is 33.8. The van der Waals surface area contributed by atoms with Gasteiger partial charge >= 0.3 is 0 Å². The number of aromatic nitrogens is 3. The Hall–Kier alpha value is -4.07. The quantitative estimate of drug-likeness (QED) is 0.549. The lowest BCUT2D eigenvalue weighted by atomic mass is 10.2. The number of hydrogen-bond donors (Lipinski definition) is 2. The van der Waals surface area contributed by atoms with Gasteiger partial charge in [0, 0.05) is 18.1 Å². The van der Waals surface area contributed by atoms with Crippen LogP contribution in [0.5, 0.6) is 0 Å².